The summed E-state index contributed by atoms with van der Waals surface area (Å²) in [7, 11) is 0. The van der Waals surface area contributed by atoms with Gasteiger partial charge in [-0.25, -0.2) is 4.39 Å². The molecule has 0 saturated carbocycles. The number of rotatable bonds is 2. The molecule has 1 fully saturated rings. The molecule has 100 valence electrons. The van der Waals surface area contributed by atoms with Crippen LogP contribution in [0.25, 0.3) is 11.4 Å². The number of piperidine rings is 1. The number of nitrogens with zero attached hydrogens (tertiary/aromatic N) is 2. The van der Waals surface area contributed by atoms with Crippen LogP contribution in [0.3, 0.4) is 0 Å². The molecular weight excluding hydrogens is 245 g/mol. The van der Waals surface area contributed by atoms with E-state index in [0.717, 1.165) is 24.9 Å². The van der Waals surface area contributed by atoms with Crippen LogP contribution in [0.4, 0.5) is 4.39 Å². The van der Waals surface area contributed by atoms with Crippen LogP contribution in [0.1, 0.15) is 36.8 Å². The van der Waals surface area contributed by atoms with Gasteiger partial charge in [-0.1, -0.05) is 17.6 Å². The highest BCUT2D eigenvalue weighted by molar-refractivity contribution is 5.59. The van der Waals surface area contributed by atoms with Gasteiger partial charge in [-0.15, -0.1) is 0 Å². The minimum Gasteiger partial charge on any atom is -0.337 e. The molecule has 1 saturated heterocycles. The third-order valence-corrected chi connectivity index (χ3v) is 3.49. The van der Waals surface area contributed by atoms with Gasteiger partial charge in [0.1, 0.15) is 5.82 Å². The van der Waals surface area contributed by atoms with Crippen molar-refractivity contribution in [3.63, 3.8) is 0 Å². The van der Waals surface area contributed by atoms with E-state index in [1.807, 2.05) is 6.92 Å². The molecule has 1 aliphatic rings. The van der Waals surface area contributed by atoms with Crippen molar-refractivity contribution in [1.29, 1.82) is 0 Å². The van der Waals surface area contributed by atoms with E-state index in [1.165, 1.54) is 18.6 Å². The molecule has 4 nitrogen and oxygen atoms in total. The molecule has 1 atom stereocenters. The lowest BCUT2D eigenvalue weighted by atomic mass is 10.1. The number of aryl methyl sites for hydroxylation is 1. The molecule has 0 radical (unpaired) electrons. The number of hydrogen-bond donors (Lipinski definition) is 1. The summed E-state index contributed by atoms with van der Waals surface area (Å²) in [5.74, 6) is 0.764. The molecular formula is C14H16FN3O. The normalized spacial score (nSPS) is 19.6. The summed E-state index contributed by atoms with van der Waals surface area (Å²) in [5, 5.41) is 7.33. The second kappa shape index (κ2) is 5.09. The lowest BCUT2D eigenvalue weighted by Crippen LogP contribution is -2.26. The van der Waals surface area contributed by atoms with E-state index in [1.54, 1.807) is 6.07 Å². The van der Waals surface area contributed by atoms with Crippen LogP contribution in [-0.4, -0.2) is 16.7 Å². The number of hydrogen-bond acceptors (Lipinski definition) is 4. The Balaban J connectivity index is 1.89. The molecule has 0 unspecified atom stereocenters. The molecule has 3 rings (SSSR count). The molecule has 19 heavy (non-hydrogen) atoms. The summed E-state index contributed by atoms with van der Waals surface area (Å²) in [4.78, 5) is 4.40. The molecule has 5 heteroatoms. The van der Waals surface area contributed by atoms with Gasteiger partial charge in [0, 0.05) is 5.56 Å². The standard InChI is InChI=1S/C14H16FN3O/c1-9-5-6-10(15)8-11(9)13-17-14(19-18-13)12-4-2-3-7-16-12/h5-6,8,12,16H,2-4,7H2,1H3/t12-/m1/s1. The van der Waals surface area contributed by atoms with Crippen LogP contribution in [0.2, 0.25) is 0 Å². The molecule has 0 spiro atoms. The largest absolute Gasteiger partial charge is 0.337 e. The topological polar surface area (TPSA) is 51.0 Å². The van der Waals surface area contributed by atoms with Crippen molar-refractivity contribution in [3.05, 3.63) is 35.5 Å². The van der Waals surface area contributed by atoms with Gasteiger partial charge in [0.15, 0.2) is 0 Å². The second-order valence-corrected chi connectivity index (χ2v) is 4.92. The van der Waals surface area contributed by atoms with Gasteiger partial charge in [-0.3, -0.25) is 0 Å². The third kappa shape index (κ3) is 2.51. The minimum atomic E-state index is -0.289. The van der Waals surface area contributed by atoms with Crippen LogP contribution in [0.5, 0.6) is 0 Å². The Morgan fingerprint density at radius 1 is 1.37 bits per heavy atom. The zero-order valence-electron chi connectivity index (χ0n) is 10.8. The summed E-state index contributed by atoms with van der Waals surface area (Å²) in [5.41, 5.74) is 1.62. The zero-order valence-corrected chi connectivity index (χ0v) is 10.8. The Labute approximate surface area is 111 Å². The molecule has 1 aromatic carbocycles. The maximum atomic E-state index is 13.3. The molecule has 2 heterocycles. The van der Waals surface area contributed by atoms with Crippen LogP contribution in [0, 0.1) is 12.7 Å². The fourth-order valence-electron chi connectivity index (χ4n) is 2.38. The SMILES string of the molecule is Cc1ccc(F)cc1-c1noc([C@H]2CCCCN2)n1. The van der Waals surface area contributed by atoms with Gasteiger partial charge in [-0.05, 0) is 44.0 Å². The first kappa shape index (κ1) is 12.3. The lowest BCUT2D eigenvalue weighted by molar-refractivity contribution is 0.297. The maximum absolute atomic E-state index is 13.3. The molecule has 0 aliphatic carbocycles. The van der Waals surface area contributed by atoms with E-state index < -0.39 is 0 Å². The number of nitrogens with one attached hydrogen (secondary N) is 1. The number of aromatic nitrogens is 2. The summed E-state index contributed by atoms with van der Waals surface area (Å²) in [6, 6.07) is 4.73. The van der Waals surface area contributed by atoms with E-state index in [9.17, 15) is 4.39 Å². The highest BCUT2D eigenvalue weighted by atomic mass is 19.1. The van der Waals surface area contributed by atoms with Gasteiger partial charge in [0.05, 0.1) is 6.04 Å². The summed E-state index contributed by atoms with van der Waals surface area (Å²) in [6.45, 7) is 2.88. The van der Waals surface area contributed by atoms with Crippen molar-refractivity contribution in [1.82, 2.24) is 15.5 Å². The predicted octanol–water partition coefficient (Wildman–Crippen LogP) is 3.00. The average Bonchev–Trinajstić information content (AvgIpc) is 2.92. The van der Waals surface area contributed by atoms with Crippen molar-refractivity contribution in [2.75, 3.05) is 6.54 Å². The highest BCUT2D eigenvalue weighted by Crippen LogP contribution is 2.26. The fraction of sp³-hybridized carbons (Fsp3) is 0.429. The molecule has 1 aromatic heterocycles. The molecule has 1 aliphatic heterocycles. The predicted molar refractivity (Wildman–Crippen MR) is 69.0 cm³/mol. The maximum Gasteiger partial charge on any atom is 0.244 e. The van der Waals surface area contributed by atoms with E-state index in [-0.39, 0.29) is 11.9 Å². The number of halogens is 1. The van der Waals surface area contributed by atoms with E-state index in [2.05, 4.69) is 15.5 Å². The fourth-order valence-corrected chi connectivity index (χ4v) is 2.38. The quantitative estimate of drug-likeness (QED) is 0.902. The van der Waals surface area contributed by atoms with Gasteiger partial charge in [0.2, 0.25) is 11.7 Å². The Kier molecular flexibility index (Phi) is 3.29. The number of benzene rings is 1. The Morgan fingerprint density at radius 2 is 2.26 bits per heavy atom. The monoisotopic (exact) mass is 261 g/mol. The van der Waals surface area contributed by atoms with Gasteiger partial charge in [0.25, 0.3) is 0 Å². The molecule has 0 bridgehead atoms. The van der Waals surface area contributed by atoms with Gasteiger partial charge >= 0.3 is 0 Å². The average molecular weight is 261 g/mol. The summed E-state index contributed by atoms with van der Waals surface area (Å²) >= 11 is 0. The first-order valence-electron chi connectivity index (χ1n) is 6.57. The smallest absolute Gasteiger partial charge is 0.244 e. The van der Waals surface area contributed by atoms with Gasteiger partial charge in [-0.2, -0.15) is 4.98 Å². The molecule has 1 N–H and O–H groups in total. The third-order valence-electron chi connectivity index (χ3n) is 3.49. The first-order valence-corrected chi connectivity index (χ1v) is 6.57. The van der Waals surface area contributed by atoms with Gasteiger partial charge < -0.3 is 9.84 Å². The van der Waals surface area contributed by atoms with Crippen molar-refractivity contribution < 1.29 is 8.91 Å². The summed E-state index contributed by atoms with van der Waals surface area (Å²) in [6.07, 6.45) is 3.35. The Bertz CT molecular complexity index is 576. The Morgan fingerprint density at radius 3 is 3.05 bits per heavy atom. The lowest BCUT2D eigenvalue weighted by Gasteiger charge is -2.19. The van der Waals surface area contributed by atoms with Crippen LogP contribution in [-0.2, 0) is 0 Å². The summed E-state index contributed by atoms with van der Waals surface area (Å²) < 4.78 is 18.6. The minimum absolute atomic E-state index is 0.129. The Hall–Kier alpha value is -1.75. The van der Waals surface area contributed by atoms with Crippen molar-refractivity contribution in [2.45, 2.75) is 32.2 Å². The van der Waals surface area contributed by atoms with Crippen LogP contribution in [0.15, 0.2) is 22.7 Å². The van der Waals surface area contributed by atoms with E-state index in [4.69, 9.17) is 4.52 Å². The van der Waals surface area contributed by atoms with E-state index in [0.29, 0.717) is 17.3 Å². The molecule has 0 amide bonds. The van der Waals surface area contributed by atoms with Crippen molar-refractivity contribution in [2.24, 2.45) is 0 Å². The molecule has 2 aromatic rings. The first-order chi connectivity index (χ1) is 9.24. The van der Waals surface area contributed by atoms with Crippen LogP contribution >= 0.6 is 0 Å². The van der Waals surface area contributed by atoms with Crippen molar-refractivity contribution >= 4 is 0 Å². The van der Waals surface area contributed by atoms with Crippen molar-refractivity contribution in [3.8, 4) is 11.4 Å². The second-order valence-electron chi connectivity index (χ2n) is 4.92. The van der Waals surface area contributed by atoms with E-state index >= 15 is 0 Å². The zero-order chi connectivity index (χ0) is 13.2. The highest BCUT2D eigenvalue weighted by Gasteiger charge is 2.21. The van der Waals surface area contributed by atoms with Crippen LogP contribution < -0.4 is 5.32 Å².